The fraction of sp³-hybridized carbons (Fsp3) is 0.464. The largest absolute Gasteiger partial charge is 0.469 e. The van der Waals surface area contributed by atoms with E-state index in [9.17, 15) is 9.59 Å². The summed E-state index contributed by atoms with van der Waals surface area (Å²) < 4.78 is 4.94. The second kappa shape index (κ2) is 12.8. The Hall–Kier alpha value is -3.06. The number of likely N-dealkylation sites (tertiary alicyclic amines) is 1. The number of amidine groups is 1. The number of carbonyl (C=O) groups is 2. The zero-order valence-corrected chi connectivity index (χ0v) is 21.7. The van der Waals surface area contributed by atoms with E-state index in [0.29, 0.717) is 12.5 Å². The third kappa shape index (κ3) is 6.58. The van der Waals surface area contributed by atoms with Crippen LogP contribution in [-0.4, -0.2) is 53.9 Å². The lowest BCUT2D eigenvalue weighted by Gasteiger charge is -2.41. The summed E-state index contributed by atoms with van der Waals surface area (Å²) in [5.74, 6) is 0.284. The Morgan fingerprint density at radius 1 is 0.972 bits per heavy atom. The quantitative estimate of drug-likeness (QED) is 0.326. The van der Waals surface area contributed by atoms with Crippen LogP contribution in [0.3, 0.4) is 0 Å². The first-order valence-electron chi connectivity index (χ1n) is 12.6. The third-order valence-corrected chi connectivity index (χ3v) is 7.57. The van der Waals surface area contributed by atoms with Gasteiger partial charge in [0, 0.05) is 31.2 Å². The molecule has 0 unspecified atom stereocenters. The average molecular weight is 513 g/mol. The van der Waals surface area contributed by atoms with E-state index in [1.54, 1.807) is 0 Å². The number of methoxy groups -OCH3 is 1. The van der Waals surface area contributed by atoms with Crippen LogP contribution in [0.15, 0.2) is 54.6 Å². The molecule has 0 atom stereocenters. The molecule has 1 saturated carbocycles. The van der Waals surface area contributed by atoms with Crippen molar-refractivity contribution in [2.24, 2.45) is 11.7 Å². The lowest BCUT2D eigenvalue weighted by molar-refractivity contribution is -0.146. The normalized spacial score (nSPS) is 20.2. The number of piperidine rings is 1. The highest BCUT2D eigenvalue weighted by atomic mass is 35.5. The van der Waals surface area contributed by atoms with Gasteiger partial charge in [-0.15, -0.1) is 12.4 Å². The van der Waals surface area contributed by atoms with Gasteiger partial charge in [-0.25, -0.2) is 4.79 Å². The molecule has 2 aromatic rings. The van der Waals surface area contributed by atoms with Crippen LogP contribution < -0.4 is 5.73 Å². The molecule has 2 aliphatic rings. The van der Waals surface area contributed by atoms with Crippen LogP contribution in [0.2, 0.25) is 0 Å². The summed E-state index contributed by atoms with van der Waals surface area (Å²) in [6.45, 7) is 2.03. The van der Waals surface area contributed by atoms with Crippen molar-refractivity contribution in [1.82, 2.24) is 9.80 Å². The SMILES string of the molecule is COC(=O)C1CCC(N(Cc2ccccc2)C(=O)N2CCC(c3ccc(C(=N)N)cc3)CC2)CC1.Cl. The Balaban J connectivity index is 0.00000361. The van der Waals surface area contributed by atoms with E-state index in [0.717, 1.165) is 62.7 Å². The lowest BCUT2D eigenvalue weighted by atomic mass is 9.85. The van der Waals surface area contributed by atoms with Crippen molar-refractivity contribution in [3.05, 3.63) is 71.3 Å². The van der Waals surface area contributed by atoms with Crippen molar-refractivity contribution >= 4 is 30.2 Å². The van der Waals surface area contributed by atoms with E-state index in [-0.39, 0.29) is 42.2 Å². The molecule has 1 heterocycles. The number of urea groups is 1. The maximum Gasteiger partial charge on any atom is 0.320 e. The van der Waals surface area contributed by atoms with Gasteiger partial charge in [-0.2, -0.15) is 0 Å². The number of esters is 1. The molecule has 0 radical (unpaired) electrons. The number of rotatable bonds is 6. The van der Waals surface area contributed by atoms with Gasteiger partial charge in [0.05, 0.1) is 13.0 Å². The highest BCUT2D eigenvalue weighted by Crippen LogP contribution is 2.32. The molecule has 0 spiro atoms. The maximum absolute atomic E-state index is 13.8. The van der Waals surface area contributed by atoms with E-state index in [1.807, 2.05) is 40.1 Å². The molecule has 2 amide bonds. The Bertz CT molecular complexity index is 1010. The zero-order valence-electron chi connectivity index (χ0n) is 20.9. The molecular formula is C28H37ClN4O3. The summed E-state index contributed by atoms with van der Waals surface area (Å²) >= 11 is 0. The van der Waals surface area contributed by atoms with E-state index in [2.05, 4.69) is 24.3 Å². The number of nitrogens with one attached hydrogen (secondary N) is 1. The summed E-state index contributed by atoms with van der Waals surface area (Å²) in [7, 11) is 1.45. The van der Waals surface area contributed by atoms with Crippen LogP contribution in [0, 0.1) is 11.3 Å². The molecule has 36 heavy (non-hydrogen) atoms. The molecule has 0 aromatic heterocycles. The minimum Gasteiger partial charge on any atom is -0.469 e. The first kappa shape index (κ1) is 27.5. The molecule has 194 valence electrons. The van der Waals surface area contributed by atoms with Crippen LogP contribution in [0.1, 0.15) is 61.1 Å². The molecule has 1 aliphatic carbocycles. The third-order valence-electron chi connectivity index (χ3n) is 7.57. The predicted octanol–water partition coefficient (Wildman–Crippen LogP) is 4.93. The standard InChI is InChI=1S/C28H36N4O3.ClH/c1-35-27(33)24-11-13-25(14-12-24)32(19-20-5-3-2-4-6-20)28(34)31-17-15-22(16-18-31)21-7-9-23(10-8-21)26(29)30;/h2-10,22,24-25H,11-19H2,1H3,(H3,29,30);1H. The number of amides is 2. The number of nitrogens with zero attached hydrogens (tertiary/aromatic N) is 2. The maximum atomic E-state index is 13.8. The minimum atomic E-state index is -0.136. The van der Waals surface area contributed by atoms with Crippen molar-refractivity contribution < 1.29 is 14.3 Å². The number of nitrogens with two attached hydrogens (primary N) is 1. The topological polar surface area (TPSA) is 99.7 Å². The number of ether oxygens (including phenoxy) is 1. The van der Waals surface area contributed by atoms with Gasteiger partial charge in [0.25, 0.3) is 0 Å². The van der Waals surface area contributed by atoms with Crippen molar-refractivity contribution in [1.29, 1.82) is 5.41 Å². The van der Waals surface area contributed by atoms with Gasteiger partial charge < -0.3 is 20.3 Å². The second-order valence-electron chi connectivity index (χ2n) is 9.72. The van der Waals surface area contributed by atoms with Gasteiger partial charge in [-0.3, -0.25) is 10.2 Å². The first-order chi connectivity index (χ1) is 17.0. The molecule has 4 rings (SSSR count). The van der Waals surface area contributed by atoms with Crippen LogP contribution in [0.5, 0.6) is 0 Å². The van der Waals surface area contributed by atoms with Crippen LogP contribution >= 0.6 is 12.4 Å². The van der Waals surface area contributed by atoms with Crippen molar-refractivity contribution in [2.45, 2.75) is 57.0 Å². The van der Waals surface area contributed by atoms with Gasteiger partial charge in [0.1, 0.15) is 5.84 Å². The Kier molecular flexibility index (Phi) is 9.76. The zero-order chi connectivity index (χ0) is 24.8. The summed E-state index contributed by atoms with van der Waals surface area (Å²) in [6.07, 6.45) is 4.98. The van der Waals surface area contributed by atoms with Gasteiger partial charge in [0.15, 0.2) is 0 Å². The smallest absolute Gasteiger partial charge is 0.320 e. The van der Waals surface area contributed by atoms with Gasteiger partial charge in [-0.05, 0) is 55.6 Å². The first-order valence-corrected chi connectivity index (χ1v) is 12.6. The molecule has 1 aliphatic heterocycles. The highest BCUT2D eigenvalue weighted by Gasteiger charge is 2.35. The fourth-order valence-corrected chi connectivity index (χ4v) is 5.44. The molecule has 1 saturated heterocycles. The highest BCUT2D eigenvalue weighted by molar-refractivity contribution is 5.94. The number of benzene rings is 2. The van der Waals surface area contributed by atoms with E-state index < -0.39 is 0 Å². The Labute approximate surface area is 219 Å². The number of hydrogen-bond donors (Lipinski definition) is 2. The van der Waals surface area contributed by atoms with Crippen molar-refractivity contribution in [3.8, 4) is 0 Å². The molecule has 2 aromatic carbocycles. The number of hydrogen-bond acceptors (Lipinski definition) is 4. The van der Waals surface area contributed by atoms with Crippen molar-refractivity contribution in [3.63, 3.8) is 0 Å². The van der Waals surface area contributed by atoms with Gasteiger partial charge in [-0.1, -0.05) is 54.6 Å². The number of carbonyl (C=O) groups excluding carboxylic acids is 2. The predicted molar refractivity (Wildman–Crippen MR) is 143 cm³/mol. The number of nitrogen functional groups attached to an aromatic ring is 1. The second-order valence-corrected chi connectivity index (χ2v) is 9.72. The summed E-state index contributed by atoms with van der Waals surface area (Å²) in [5, 5.41) is 7.58. The van der Waals surface area contributed by atoms with Gasteiger partial charge in [0.2, 0.25) is 0 Å². The molecule has 2 fully saturated rings. The minimum absolute atomic E-state index is 0. The van der Waals surface area contributed by atoms with Crippen LogP contribution in [0.25, 0.3) is 0 Å². The van der Waals surface area contributed by atoms with E-state index in [1.165, 1.54) is 12.7 Å². The molecule has 3 N–H and O–H groups in total. The molecule has 0 bridgehead atoms. The average Bonchev–Trinajstić information content (AvgIpc) is 2.92. The Morgan fingerprint density at radius 3 is 2.14 bits per heavy atom. The lowest BCUT2D eigenvalue weighted by Crippen LogP contribution is -2.51. The van der Waals surface area contributed by atoms with E-state index in [4.69, 9.17) is 15.9 Å². The van der Waals surface area contributed by atoms with Crippen molar-refractivity contribution in [2.75, 3.05) is 20.2 Å². The Morgan fingerprint density at radius 2 is 1.58 bits per heavy atom. The monoisotopic (exact) mass is 512 g/mol. The summed E-state index contributed by atoms with van der Waals surface area (Å²) in [6, 6.07) is 18.3. The molecule has 7 nitrogen and oxygen atoms in total. The molecular weight excluding hydrogens is 476 g/mol. The fourth-order valence-electron chi connectivity index (χ4n) is 5.44. The van der Waals surface area contributed by atoms with E-state index >= 15 is 0 Å². The van der Waals surface area contributed by atoms with Gasteiger partial charge >= 0.3 is 12.0 Å². The van der Waals surface area contributed by atoms with Crippen LogP contribution in [0.4, 0.5) is 4.79 Å². The van der Waals surface area contributed by atoms with Crippen LogP contribution in [-0.2, 0) is 16.1 Å². The summed E-state index contributed by atoms with van der Waals surface area (Å²) in [5.41, 5.74) is 8.68. The molecule has 8 heteroatoms. The number of halogens is 1. The summed E-state index contributed by atoms with van der Waals surface area (Å²) in [4.78, 5) is 29.8.